The summed E-state index contributed by atoms with van der Waals surface area (Å²) in [5.74, 6) is 1.32. The summed E-state index contributed by atoms with van der Waals surface area (Å²) in [6.45, 7) is 4.10. The molecule has 0 bridgehead atoms. The van der Waals surface area contributed by atoms with E-state index in [1.54, 1.807) is 14.2 Å². The molecule has 0 fully saturated rings. The van der Waals surface area contributed by atoms with Gasteiger partial charge in [-0.3, -0.25) is 4.79 Å². The molecule has 126 valence electrons. The summed E-state index contributed by atoms with van der Waals surface area (Å²) in [5, 5.41) is 3.03. The van der Waals surface area contributed by atoms with E-state index in [9.17, 15) is 4.79 Å². The molecule has 4 nitrogen and oxygen atoms in total. The second kappa shape index (κ2) is 6.48. The fraction of sp³-hybridized carbons (Fsp3) is 0.316. The third kappa shape index (κ3) is 2.77. The molecular weight excluding hydrogens is 370 g/mol. The summed E-state index contributed by atoms with van der Waals surface area (Å²) in [4.78, 5) is 12.3. The van der Waals surface area contributed by atoms with Crippen molar-refractivity contribution in [1.82, 2.24) is 0 Å². The predicted molar refractivity (Wildman–Crippen MR) is 98.3 cm³/mol. The molecule has 0 spiro atoms. The number of aryl methyl sites for hydroxylation is 1. The Bertz CT molecular complexity index is 817. The van der Waals surface area contributed by atoms with Gasteiger partial charge in [-0.1, -0.05) is 28.1 Å². The van der Waals surface area contributed by atoms with Crippen molar-refractivity contribution in [2.45, 2.75) is 26.2 Å². The second-order valence-corrected chi connectivity index (χ2v) is 6.86. The topological polar surface area (TPSA) is 47.6 Å². The molecule has 0 aromatic heterocycles. The quantitative estimate of drug-likeness (QED) is 0.836. The fourth-order valence-corrected chi connectivity index (χ4v) is 3.79. The normalized spacial score (nSPS) is 16.4. The van der Waals surface area contributed by atoms with Gasteiger partial charge in [0.25, 0.3) is 0 Å². The van der Waals surface area contributed by atoms with Crippen molar-refractivity contribution in [2.75, 3.05) is 19.5 Å². The first-order chi connectivity index (χ1) is 11.5. The molecule has 1 heterocycles. The Labute approximate surface area is 150 Å². The van der Waals surface area contributed by atoms with Gasteiger partial charge in [-0.15, -0.1) is 0 Å². The zero-order chi connectivity index (χ0) is 17.4. The lowest BCUT2D eigenvalue weighted by Gasteiger charge is -2.29. The number of anilines is 1. The highest BCUT2D eigenvalue weighted by Gasteiger charge is 2.30. The van der Waals surface area contributed by atoms with E-state index in [4.69, 9.17) is 9.47 Å². The molecule has 1 aliphatic heterocycles. The van der Waals surface area contributed by atoms with Gasteiger partial charge >= 0.3 is 0 Å². The highest BCUT2D eigenvalue weighted by Crippen LogP contribution is 2.44. The van der Waals surface area contributed by atoms with Crippen LogP contribution < -0.4 is 14.8 Å². The number of hydrogen-bond donors (Lipinski definition) is 1. The van der Waals surface area contributed by atoms with Crippen LogP contribution in [0.1, 0.15) is 34.6 Å². The minimum atomic E-state index is -0.0257. The van der Waals surface area contributed by atoms with Crippen LogP contribution in [0.25, 0.3) is 0 Å². The van der Waals surface area contributed by atoms with E-state index >= 15 is 0 Å². The minimum Gasteiger partial charge on any atom is -0.493 e. The first-order valence-electron chi connectivity index (χ1n) is 7.77. The average molecular weight is 390 g/mol. The first kappa shape index (κ1) is 16.8. The van der Waals surface area contributed by atoms with Gasteiger partial charge in [0.05, 0.1) is 14.2 Å². The van der Waals surface area contributed by atoms with E-state index in [-0.39, 0.29) is 11.8 Å². The molecule has 5 heteroatoms. The number of carbonyl (C=O) groups excluding carboxylic acids is 1. The van der Waals surface area contributed by atoms with Gasteiger partial charge in [-0.05, 0) is 48.2 Å². The number of halogens is 1. The zero-order valence-corrected chi connectivity index (χ0v) is 15.8. The summed E-state index contributed by atoms with van der Waals surface area (Å²) in [5.41, 5.74) is 5.36. The molecule has 1 atom stereocenters. The SMILES string of the molecule is COc1cc(Br)c([C@@H]2CC(=O)Nc3c2ccc(C)c3C)cc1OC. The van der Waals surface area contributed by atoms with Crippen molar-refractivity contribution in [2.24, 2.45) is 0 Å². The fourth-order valence-electron chi connectivity index (χ4n) is 3.19. The van der Waals surface area contributed by atoms with E-state index in [2.05, 4.69) is 40.3 Å². The van der Waals surface area contributed by atoms with Crippen LogP contribution in [0.3, 0.4) is 0 Å². The largest absolute Gasteiger partial charge is 0.493 e. The third-order valence-corrected chi connectivity index (χ3v) is 5.36. The van der Waals surface area contributed by atoms with Crippen LogP contribution in [0.15, 0.2) is 28.7 Å². The van der Waals surface area contributed by atoms with E-state index in [1.165, 1.54) is 5.56 Å². The number of fused-ring (bicyclic) bond motifs is 1. The lowest BCUT2D eigenvalue weighted by atomic mass is 9.82. The molecule has 2 aromatic rings. The number of carbonyl (C=O) groups is 1. The van der Waals surface area contributed by atoms with Gasteiger partial charge in [-0.2, -0.15) is 0 Å². The summed E-state index contributed by atoms with van der Waals surface area (Å²) in [6.07, 6.45) is 0.406. The smallest absolute Gasteiger partial charge is 0.225 e. The van der Waals surface area contributed by atoms with Crippen molar-refractivity contribution < 1.29 is 14.3 Å². The molecule has 24 heavy (non-hydrogen) atoms. The number of benzene rings is 2. The Balaban J connectivity index is 2.18. The number of rotatable bonds is 3. The van der Waals surface area contributed by atoms with Crippen molar-refractivity contribution in [3.05, 3.63) is 51.0 Å². The van der Waals surface area contributed by atoms with Crippen LogP contribution in [0.4, 0.5) is 5.69 Å². The Morgan fingerprint density at radius 3 is 2.42 bits per heavy atom. The summed E-state index contributed by atoms with van der Waals surface area (Å²) in [7, 11) is 3.23. The van der Waals surface area contributed by atoms with E-state index in [1.807, 2.05) is 19.1 Å². The Morgan fingerprint density at radius 1 is 1.08 bits per heavy atom. The molecule has 0 unspecified atom stereocenters. The number of hydrogen-bond acceptors (Lipinski definition) is 3. The maximum absolute atomic E-state index is 12.3. The molecule has 1 amide bonds. The Morgan fingerprint density at radius 2 is 1.75 bits per heavy atom. The second-order valence-electron chi connectivity index (χ2n) is 6.01. The number of amides is 1. The first-order valence-corrected chi connectivity index (χ1v) is 8.57. The van der Waals surface area contributed by atoms with Crippen molar-refractivity contribution >= 4 is 27.5 Å². The van der Waals surface area contributed by atoms with Crippen molar-refractivity contribution in [1.29, 1.82) is 0 Å². The summed E-state index contributed by atoms with van der Waals surface area (Å²) >= 11 is 3.62. The van der Waals surface area contributed by atoms with Crippen LogP contribution in [-0.4, -0.2) is 20.1 Å². The highest BCUT2D eigenvalue weighted by molar-refractivity contribution is 9.10. The molecule has 0 radical (unpaired) electrons. The van der Waals surface area contributed by atoms with E-state index < -0.39 is 0 Å². The third-order valence-electron chi connectivity index (χ3n) is 4.68. The predicted octanol–water partition coefficient (Wildman–Crippen LogP) is 4.56. The zero-order valence-electron chi connectivity index (χ0n) is 14.2. The summed E-state index contributed by atoms with van der Waals surface area (Å²) in [6, 6.07) is 8.05. The van der Waals surface area contributed by atoms with Gasteiger partial charge < -0.3 is 14.8 Å². The minimum absolute atomic E-state index is 0.0257. The van der Waals surface area contributed by atoms with Crippen LogP contribution in [0, 0.1) is 13.8 Å². The van der Waals surface area contributed by atoms with Crippen LogP contribution >= 0.6 is 15.9 Å². The molecule has 0 saturated heterocycles. The Hall–Kier alpha value is -2.01. The van der Waals surface area contributed by atoms with E-state index in [0.29, 0.717) is 17.9 Å². The van der Waals surface area contributed by atoms with Crippen LogP contribution in [-0.2, 0) is 4.79 Å². The lowest BCUT2D eigenvalue weighted by molar-refractivity contribution is -0.116. The lowest BCUT2D eigenvalue weighted by Crippen LogP contribution is -2.24. The van der Waals surface area contributed by atoms with Gasteiger partial charge in [-0.25, -0.2) is 0 Å². The number of methoxy groups -OCH3 is 2. The van der Waals surface area contributed by atoms with Crippen LogP contribution in [0.2, 0.25) is 0 Å². The molecule has 1 N–H and O–H groups in total. The molecule has 2 aromatic carbocycles. The monoisotopic (exact) mass is 389 g/mol. The molecule has 1 aliphatic rings. The standard InChI is InChI=1S/C19H20BrNO3/c1-10-5-6-12-13(8-18(22)21-19(12)11(10)2)14-7-16(23-3)17(24-4)9-15(14)20/h5-7,9,13H,8H2,1-4H3,(H,21,22)/t13-/m1/s1. The number of ether oxygens (including phenoxy) is 2. The number of nitrogens with one attached hydrogen (secondary N) is 1. The van der Waals surface area contributed by atoms with Crippen LogP contribution in [0.5, 0.6) is 11.5 Å². The van der Waals surface area contributed by atoms with Gasteiger partial charge in [0, 0.05) is 22.5 Å². The molecular formula is C19H20BrNO3. The van der Waals surface area contributed by atoms with E-state index in [0.717, 1.165) is 26.9 Å². The van der Waals surface area contributed by atoms with Gasteiger partial charge in [0.2, 0.25) is 5.91 Å². The Kier molecular flexibility index (Phi) is 4.54. The van der Waals surface area contributed by atoms with Gasteiger partial charge in [0.1, 0.15) is 0 Å². The van der Waals surface area contributed by atoms with Crippen molar-refractivity contribution in [3.8, 4) is 11.5 Å². The summed E-state index contributed by atoms with van der Waals surface area (Å²) < 4.78 is 11.7. The van der Waals surface area contributed by atoms with Crippen molar-refractivity contribution in [3.63, 3.8) is 0 Å². The molecule has 0 saturated carbocycles. The van der Waals surface area contributed by atoms with Gasteiger partial charge in [0.15, 0.2) is 11.5 Å². The average Bonchev–Trinajstić information content (AvgIpc) is 2.57. The maximum Gasteiger partial charge on any atom is 0.225 e. The maximum atomic E-state index is 12.3. The molecule has 3 rings (SSSR count). The molecule has 0 aliphatic carbocycles. The highest BCUT2D eigenvalue weighted by atomic mass is 79.9.